The molecule has 2 aromatic rings. The van der Waals surface area contributed by atoms with Crippen molar-refractivity contribution in [3.63, 3.8) is 0 Å². The number of carbonyl (C=O) groups excluding carboxylic acids is 1. The summed E-state index contributed by atoms with van der Waals surface area (Å²) >= 11 is 0. The summed E-state index contributed by atoms with van der Waals surface area (Å²) < 4.78 is 14.7. The largest absolute Gasteiger partial charge is 0.368 e. The molecule has 3 atom stereocenters. The van der Waals surface area contributed by atoms with Crippen LogP contribution in [0.25, 0.3) is 0 Å². The van der Waals surface area contributed by atoms with E-state index in [2.05, 4.69) is 36.0 Å². The van der Waals surface area contributed by atoms with Gasteiger partial charge in [-0.25, -0.2) is 4.39 Å². The summed E-state index contributed by atoms with van der Waals surface area (Å²) in [5.41, 5.74) is 3.77. The van der Waals surface area contributed by atoms with Gasteiger partial charge in [0.25, 0.3) is 11.5 Å². The third-order valence-corrected chi connectivity index (χ3v) is 6.75. The van der Waals surface area contributed by atoms with Crippen molar-refractivity contribution in [2.24, 2.45) is 11.8 Å². The van der Waals surface area contributed by atoms with Crippen molar-refractivity contribution < 1.29 is 9.18 Å². The van der Waals surface area contributed by atoms with E-state index in [1.54, 1.807) is 6.07 Å². The number of H-pyrrole nitrogens is 1. The maximum atomic E-state index is 14.7. The molecule has 5 nitrogen and oxygen atoms in total. The van der Waals surface area contributed by atoms with Crippen LogP contribution in [-0.4, -0.2) is 23.5 Å². The molecular weight excluding hydrogens is 405 g/mol. The van der Waals surface area contributed by atoms with Gasteiger partial charge < -0.3 is 15.2 Å². The van der Waals surface area contributed by atoms with E-state index in [0.29, 0.717) is 29.0 Å². The zero-order valence-electron chi connectivity index (χ0n) is 20.1. The highest BCUT2D eigenvalue weighted by Crippen LogP contribution is 2.36. The van der Waals surface area contributed by atoms with E-state index in [4.69, 9.17) is 0 Å². The van der Waals surface area contributed by atoms with E-state index < -0.39 is 5.82 Å². The fourth-order valence-electron chi connectivity index (χ4n) is 5.35. The highest BCUT2D eigenvalue weighted by atomic mass is 19.1. The minimum atomic E-state index is -0.421. The van der Waals surface area contributed by atoms with Gasteiger partial charge in [0, 0.05) is 41.6 Å². The topological polar surface area (TPSA) is 65.2 Å². The normalized spacial score (nSPS) is 20.8. The van der Waals surface area contributed by atoms with E-state index >= 15 is 0 Å². The zero-order chi connectivity index (χ0) is 23.6. The Labute approximate surface area is 190 Å². The van der Waals surface area contributed by atoms with Gasteiger partial charge in [-0.2, -0.15) is 0 Å². The SMILES string of the molecule is CCN(c1cc(F)cc(C(=O)NCc2c(C)cc(C)[nH]c2=O)c1C)C1C[C@@H](C)C[C@@H](C)C1. The molecule has 3 rings (SSSR count). The lowest BCUT2D eigenvalue weighted by atomic mass is 9.79. The van der Waals surface area contributed by atoms with Crippen molar-refractivity contribution in [1.82, 2.24) is 10.3 Å². The lowest BCUT2D eigenvalue weighted by Gasteiger charge is -2.41. The van der Waals surface area contributed by atoms with Crippen LogP contribution in [0.15, 0.2) is 23.0 Å². The number of halogens is 1. The number of nitrogens with one attached hydrogen (secondary N) is 2. The van der Waals surface area contributed by atoms with Crippen LogP contribution >= 0.6 is 0 Å². The highest BCUT2D eigenvalue weighted by Gasteiger charge is 2.29. The molecule has 2 N–H and O–H groups in total. The molecule has 0 spiro atoms. The van der Waals surface area contributed by atoms with Crippen LogP contribution in [0.1, 0.15) is 72.8 Å². The Bertz CT molecular complexity index is 1040. The van der Waals surface area contributed by atoms with Gasteiger partial charge in [-0.1, -0.05) is 13.8 Å². The Morgan fingerprint density at radius 2 is 1.78 bits per heavy atom. The summed E-state index contributed by atoms with van der Waals surface area (Å²) in [6.07, 6.45) is 3.37. The van der Waals surface area contributed by atoms with E-state index in [1.807, 2.05) is 26.8 Å². The van der Waals surface area contributed by atoms with Gasteiger partial charge in [-0.15, -0.1) is 0 Å². The molecule has 1 aromatic heterocycles. The van der Waals surface area contributed by atoms with Crippen LogP contribution in [0.3, 0.4) is 0 Å². The summed E-state index contributed by atoms with van der Waals surface area (Å²) in [6.45, 7) is 13.0. The minimum absolute atomic E-state index is 0.0979. The molecule has 1 fully saturated rings. The van der Waals surface area contributed by atoms with Crippen molar-refractivity contribution in [2.45, 2.75) is 73.4 Å². The molecule has 1 unspecified atom stereocenters. The average Bonchev–Trinajstić information content (AvgIpc) is 2.69. The standard InChI is InChI=1S/C26H36FN3O2/c1-7-30(21-9-15(2)8-16(3)10-21)24-13-20(27)12-22(19(24)6)25(31)28-14-23-17(4)11-18(5)29-26(23)32/h11-13,15-16,21H,7-10,14H2,1-6H3,(H,28,31)(H,29,32)/t15-,16+,21?. The molecule has 174 valence electrons. The number of pyridine rings is 1. The molecule has 1 aromatic carbocycles. The number of hydrogen-bond acceptors (Lipinski definition) is 3. The molecule has 0 bridgehead atoms. The first kappa shape index (κ1) is 24.0. The molecule has 1 aliphatic carbocycles. The smallest absolute Gasteiger partial charge is 0.253 e. The van der Waals surface area contributed by atoms with Crippen LogP contribution in [0.4, 0.5) is 10.1 Å². The summed E-state index contributed by atoms with van der Waals surface area (Å²) in [5.74, 6) is 0.468. The van der Waals surface area contributed by atoms with Gasteiger partial charge >= 0.3 is 0 Å². The van der Waals surface area contributed by atoms with Crippen LogP contribution in [-0.2, 0) is 6.54 Å². The van der Waals surface area contributed by atoms with Crippen LogP contribution in [0.5, 0.6) is 0 Å². The number of aryl methyl sites for hydroxylation is 2. The lowest BCUT2D eigenvalue weighted by molar-refractivity contribution is 0.0949. The van der Waals surface area contributed by atoms with Crippen molar-refractivity contribution in [1.29, 1.82) is 0 Å². The van der Waals surface area contributed by atoms with E-state index in [-0.39, 0.29) is 18.0 Å². The van der Waals surface area contributed by atoms with Crippen molar-refractivity contribution in [3.05, 3.63) is 62.3 Å². The fraction of sp³-hybridized carbons (Fsp3) is 0.538. The summed E-state index contributed by atoms with van der Waals surface area (Å²) in [7, 11) is 0. The first-order valence-corrected chi connectivity index (χ1v) is 11.6. The van der Waals surface area contributed by atoms with Gasteiger partial charge in [0.1, 0.15) is 5.82 Å². The summed E-state index contributed by atoms with van der Waals surface area (Å²) in [5, 5.41) is 2.82. The van der Waals surface area contributed by atoms with E-state index in [9.17, 15) is 14.0 Å². The van der Waals surface area contributed by atoms with E-state index in [0.717, 1.165) is 41.9 Å². The molecule has 0 saturated heterocycles. The second-order valence-corrected chi connectivity index (χ2v) is 9.58. The third-order valence-electron chi connectivity index (χ3n) is 6.75. The Morgan fingerprint density at radius 3 is 2.38 bits per heavy atom. The van der Waals surface area contributed by atoms with Crippen LogP contribution in [0, 0.1) is 38.4 Å². The number of aromatic nitrogens is 1. The van der Waals surface area contributed by atoms with Crippen LogP contribution < -0.4 is 15.8 Å². The molecule has 1 amide bonds. The molecule has 0 aliphatic heterocycles. The lowest BCUT2D eigenvalue weighted by Crippen LogP contribution is -2.41. The van der Waals surface area contributed by atoms with Gasteiger partial charge in [-0.3, -0.25) is 9.59 Å². The number of benzene rings is 1. The van der Waals surface area contributed by atoms with Crippen LogP contribution in [0.2, 0.25) is 0 Å². The molecular formula is C26H36FN3O2. The van der Waals surface area contributed by atoms with E-state index in [1.165, 1.54) is 12.5 Å². The molecule has 6 heteroatoms. The Balaban J connectivity index is 1.87. The maximum Gasteiger partial charge on any atom is 0.253 e. The summed E-state index contributed by atoms with van der Waals surface area (Å²) in [6, 6.07) is 5.05. The third kappa shape index (κ3) is 5.22. The van der Waals surface area contributed by atoms with Crippen molar-refractivity contribution >= 4 is 11.6 Å². The van der Waals surface area contributed by atoms with Gasteiger partial charge in [0.15, 0.2) is 0 Å². The molecule has 1 heterocycles. The molecule has 32 heavy (non-hydrogen) atoms. The first-order valence-electron chi connectivity index (χ1n) is 11.6. The van der Waals surface area contributed by atoms with Crippen molar-refractivity contribution in [3.8, 4) is 0 Å². The van der Waals surface area contributed by atoms with Gasteiger partial charge in [0.05, 0.1) is 0 Å². The molecule has 1 saturated carbocycles. The monoisotopic (exact) mass is 441 g/mol. The summed E-state index contributed by atoms with van der Waals surface area (Å²) in [4.78, 5) is 30.3. The minimum Gasteiger partial charge on any atom is -0.368 e. The number of hydrogen-bond donors (Lipinski definition) is 2. The predicted molar refractivity (Wildman–Crippen MR) is 128 cm³/mol. The quantitative estimate of drug-likeness (QED) is 0.662. The Morgan fingerprint density at radius 1 is 1.12 bits per heavy atom. The van der Waals surface area contributed by atoms with Gasteiger partial charge in [0.2, 0.25) is 0 Å². The number of aromatic amines is 1. The number of nitrogens with zero attached hydrogens (tertiary/aromatic N) is 1. The Hall–Kier alpha value is -2.63. The second kappa shape index (κ2) is 9.88. The zero-order valence-corrected chi connectivity index (χ0v) is 20.1. The second-order valence-electron chi connectivity index (χ2n) is 9.58. The highest BCUT2D eigenvalue weighted by molar-refractivity contribution is 5.97. The number of carbonyl (C=O) groups is 1. The predicted octanol–water partition coefficient (Wildman–Crippen LogP) is 5.02. The molecule has 0 radical (unpaired) electrons. The molecule has 1 aliphatic rings. The van der Waals surface area contributed by atoms with Gasteiger partial charge in [-0.05, 0) is 88.1 Å². The maximum absolute atomic E-state index is 14.7. The fourth-order valence-corrected chi connectivity index (χ4v) is 5.35. The number of rotatable bonds is 6. The number of amides is 1. The first-order chi connectivity index (χ1) is 15.1. The average molecular weight is 442 g/mol. The van der Waals surface area contributed by atoms with Crippen molar-refractivity contribution in [2.75, 3.05) is 11.4 Å². The number of anilines is 1. The Kier molecular flexibility index (Phi) is 7.42.